The van der Waals surface area contributed by atoms with Crippen molar-refractivity contribution >= 4 is 11.0 Å². The van der Waals surface area contributed by atoms with Gasteiger partial charge in [-0.15, -0.1) is 5.10 Å². The molecule has 4 nitrogen and oxygen atoms in total. The molecular formula is C13H11N3O. The van der Waals surface area contributed by atoms with Crippen LogP contribution in [-0.4, -0.2) is 20.4 Å². The van der Waals surface area contributed by atoms with Crippen LogP contribution in [0.25, 0.3) is 11.0 Å². The second-order valence-electron chi connectivity index (χ2n) is 3.96. The molecule has 0 bridgehead atoms. The molecule has 1 aromatic heterocycles. The summed E-state index contributed by atoms with van der Waals surface area (Å²) in [6, 6.07) is 16.0. The average Bonchev–Trinajstić information content (AvgIpc) is 2.72. The van der Waals surface area contributed by atoms with Gasteiger partial charge in [0.1, 0.15) is 11.0 Å². The maximum Gasteiger partial charge on any atom is 0.130 e. The van der Waals surface area contributed by atoms with Crippen LogP contribution in [0.4, 0.5) is 0 Å². The molecule has 4 heteroatoms. The van der Waals surface area contributed by atoms with E-state index >= 15 is 0 Å². The summed E-state index contributed by atoms with van der Waals surface area (Å²) >= 11 is 0. The molecule has 0 aliphatic rings. The number of fused-ring (bicyclic) bond motifs is 1. The van der Waals surface area contributed by atoms with Crippen molar-refractivity contribution < 1.29 is 5.21 Å². The quantitative estimate of drug-likeness (QED) is 0.680. The lowest BCUT2D eigenvalue weighted by atomic mass is 10.0. The maximum absolute atomic E-state index is 9.33. The Balaban J connectivity index is 1.96. The first kappa shape index (κ1) is 9.84. The first-order valence-electron chi connectivity index (χ1n) is 5.40. The zero-order valence-electron chi connectivity index (χ0n) is 9.11. The van der Waals surface area contributed by atoms with E-state index in [2.05, 4.69) is 22.4 Å². The molecule has 0 radical (unpaired) electrons. The molecule has 0 aliphatic heterocycles. The van der Waals surface area contributed by atoms with Gasteiger partial charge in [-0.25, -0.2) is 0 Å². The van der Waals surface area contributed by atoms with E-state index in [4.69, 9.17) is 0 Å². The molecule has 0 saturated heterocycles. The Bertz CT molecular complexity index is 646. The Hall–Kier alpha value is -2.36. The van der Waals surface area contributed by atoms with Gasteiger partial charge in [0.15, 0.2) is 0 Å². The van der Waals surface area contributed by atoms with E-state index in [0.29, 0.717) is 11.0 Å². The summed E-state index contributed by atoms with van der Waals surface area (Å²) in [7, 11) is 0. The Morgan fingerprint density at radius 3 is 2.65 bits per heavy atom. The Kier molecular flexibility index (Phi) is 2.26. The van der Waals surface area contributed by atoms with Crippen molar-refractivity contribution in [3.8, 4) is 0 Å². The lowest BCUT2D eigenvalue weighted by Crippen LogP contribution is -1.92. The molecule has 0 spiro atoms. The first-order chi connectivity index (χ1) is 8.33. The topological polar surface area (TPSA) is 50.9 Å². The molecule has 3 rings (SSSR count). The number of hydrogen-bond donors (Lipinski definition) is 1. The van der Waals surface area contributed by atoms with Crippen molar-refractivity contribution in [3.05, 3.63) is 59.7 Å². The summed E-state index contributed by atoms with van der Waals surface area (Å²) in [5, 5.41) is 16.8. The van der Waals surface area contributed by atoms with E-state index in [1.54, 1.807) is 0 Å². The van der Waals surface area contributed by atoms with E-state index < -0.39 is 0 Å². The highest BCUT2D eigenvalue weighted by molar-refractivity contribution is 5.74. The highest BCUT2D eigenvalue weighted by atomic mass is 16.5. The van der Waals surface area contributed by atoms with E-state index in [1.807, 2.05) is 36.4 Å². The van der Waals surface area contributed by atoms with Crippen molar-refractivity contribution in [3.63, 3.8) is 0 Å². The van der Waals surface area contributed by atoms with Gasteiger partial charge in [-0.1, -0.05) is 41.2 Å². The van der Waals surface area contributed by atoms with Crippen molar-refractivity contribution in [2.24, 2.45) is 0 Å². The third-order valence-electron chi connectivity index (χ3n) is 2.74. The molecular weight excluding hydrogens is 214 g/mol. The smallest absolute Gasteiger partial charge is 0.130 e. The lowest BCUT2D eigenvalue weighted by Gasteiger charge is -2.01. The van der Waals surface area contributed by atoms with Crippen LogP contribution in [0.2, 0.25) is 0 Å². The summed E-state index contributed by atoms with van der Waals surface area (Å²) < 4.78 is 0. The van der Waals surface area contributed by atoms with Gasteiger partial charge in [-0.3, -0.25) is 0 Å². The van der Waals surface area contributed by atoms with Gasteiger partial charge in [-0.2, -0.15) is 0 Å². The zero-order chi connectivity index (χ0) is 11.7. The first-order valence-corrected chi connectivity index (χ1v) is 5.40. The SMILES string of the molecule is On1nnc2cc(Cc3ccccc3)ccc21. The minimum atomic E-state index is 0.627. The van der Waals surface area contributed by atoms with Crippen LogP contribution in [0.15, 0.2) is 48.5 Å². The molecule has 2 aromatic carbocycles. The molecule has 0 atom stereocenters. The van der Waals surface area contributed by atoms with Crippen LogP contribution in [-0.2, 0) is 6.42 Å². The molecule has 17 heavy (non-hydrogen) atoms. The number of rotatable bonds is 2. The van der Waals surface area contributed by atoms with Crippen LogP contribution >= 0.6 is 0 Å². The third-order valence-corrected chi connectivity index (χ3v) is 2.74. The molecule has 1 N–H and O–H groups in total. The van der Waals surface area contributed by atoms with E-state index in [1.165, 1.54) is 5.56 Å². The largest absolute Gasteiger partial charge is 0.410 e. The highest BCUT2D eigenvalue weighted by Crippen LogP contribution is 2.15. The van der Waals surface area contributed by atoms with Crippen LogP contribution < -0.4 is 0 Å². The number of hydrogen-bond acceptors (Lipinski definition) is 3. The average molecular weight is 225 g/mol. The maximum atomic E-state index is 9.33. The van der Waals surface area contributed by atoms with E-state index in [0.717, 1.165) is 16.8 Å². The standard InChI is InChI=1S/C13H11N3O/c17-16-13-7-6-11(9-12(13)14-15-16)8-10-4-2-1-3-5-10/h1-7,9,17H,8H2. The van der Waals surface area contributed by atoms with Crippen molar-refractivity contribution in [2.75, 3.05) is 0 Å². The summed E-state index contributed by atoms with van der Waals surface area (Å²) in [6.45, 7) is 0. The van der Waals surface area contributed by atoms with Crippen molar-refractivity contribution in [1.82, 2.24) is 15.2 Å². The predicted octanol–water partition coefficient (Wildman–Crippen LogP) is 2.26. The molecule has 0 fully saturated rings. The van der Waals surface area contributed by atoms with Gasteiger partial charge in [-0.05, 0) is 34.9 Å². The molecule has 0 amide bonds. The molecule has 0 unspecified atom stereocenters. The van der Waals surface area contributed by atoms with Gasteiger partial charge in [0.25, 0.3) is 0 Å². The number of benzene rings is 2. The fourth-order valence-corrected chi connectivity index (χ4v) is 1.90. The van der Waals surface area contributed by atoms with Gasteiger partial charge in [0, 0.05) is 0 Å². The van der Waals surface area contributed by atoms with E-state index in [-0.39, 0.29) is 0 Å². The second-order valence-corrected chi connectivity index (χ2v) is 3.96. The minimum Gasteiger partial charge on any atom is -0.410 e. The summed E-state index contributed by atoms with van der Waals surface area (Å²) in [4.78, 5) is 0.793. The summed E-state index contributed by atoms with van der Waals surface area (Å²) in [5.74, 6) is 0. The highest BCUT2D eigenvalue weighted by Gasteiger charge is 2.04. The summed E-state index contributed by atoms with van der Waals surface area (Å²) in [5.41, 5.74) is 3.75. The molecule has 1 heterocycles. The number of nitrogens with zero attached hydrogens (tertiary/aromatic N) is 3. The Morgan fingerprint density at radius 2 is 1.82 bits per heavy atom. The number of aromatic nitrogens is 3. The lowest BCUT2D eigenvalue weighted by molar-refractivity contribution is 0.155. The van der Waals surface area contributed by atoms with Gasteiger partial charge in [0.05, 0.1) is 0 Å². The van der Waals surface area contributed by atoms with Gasteiger partial charge < -0.3 is 5.21 Å². The normalized spacial score (nSPS) is 10.8. The van der Waals surface area contributed by atoms with Crippen LogP contribution in [0.5, 0.6) is 0 Å². The van der Waals surface area contributed by atoms with Crippen molar-refractivity contribution in [1.29, 1.82) is 0 Å². The minimum absolute atomic E-state index is 0.627. The predicted molar refractivity (Wildman–Crippen MR) is 64.0 cm³/mol. The molecule has 3 aromatic rings. The second kappa shape index (κ2) is 3.90. The Labute approximate surface area is 98.1 Å². The molecule has 84 valence electrons. The van der Waals surface area contributed by atoms with Crippen LogP contribution in [0, 0.1) is 0 Å². The van der Waals surface area contributed by atoms with Crippen molar-refractivity contribution in [2.45, 2.75) is 6.42 Å². The fourth-order valence-electron chi connectivity index (χ4n) is 1.90. The summed E-state index contributed by atoms with van der Waals surface area (Å²) in [6.07, 6.45) is 0.856. The monoisotopic (exact) mass is 225 g/mol. The zero-order valence-corrected chi connectivity index (χ0v) is 9.11. The van der Waals surface area contributed by atoms with Crippen LogP contribution in [0.3, 0.4) is 0 Å². The molecule has 0 aliphatic carbocycles. The van der Waals surface area contributed by atoms with Gasteiger partial charge >= 0.3 is 0 Å². The van der Waals surface area contributed by atoms with Gasteiger partial charge in [0.2, 0.25) is 0 Å². The van der Waals surface area contributed by atoms with Crippen LogP contribution in [0.1, 0.15) is 11.1 Å². The third kappa shape index (κ3) is 1.85. The Morgan fingerprint density at radius 1 is 1.00 bits per heavy atom. The molecule has 0 saturated carbocycles. The van der Waals surface area contributed by atoms with E-state index in [9.17, 15) is 5.21 Å². The fraction of sp³-hybridized carbons (Fsp3) is 0.0769.